The number of ether oxygens (including phenoxy) is 1. The Morgan fingerprint density at radius 2 is 1.75 bits per heavy atom. The van der Waals surface area contributed by atoms with Crippen LogP contribution in [0.5, 0.6) is 5.75 Å². The molecule has 1 aromatic heterocycles. The standard InChI is InChI=1S/C26H23Cl2N5O2S/c1-16-4-9-20(10-5-16)33-25(18-6-11-21(35-3)12-7-18)31-32-26(33)36-15-24(34)30-29-17(2)19-8-13-22(27)23(28)14-19/h4-14H,15H2,1-3H3,(H,30,34)/b29-17+. The highest BCUT2D eigenvalue weighted by Gasteiger charge is 2.17. The third-order valence-electron chi connectivity index (χ3n) is 5.29. The van der Waals surface area contributed by atoms with E-state index >= 15 is 0 Å². The third kappa shape index (κ3) is 6.07. The molecule has 10 heteroatoms. The number of aryl methyl sites for hydroxylation is 1. The SMILES string of the molecule is COc1ccc(-c2nnc(SCC(=O)N/N=C(\C)c3ccc(Cl)c(Cl)c3)n2-c2ccc(C)cc2)cc1. The second-order valence-corrected chi connectivity index (χ2v) is 9.61. The van der Waals surface area contributed by atoms with E-state index in [1.54, 1.807) is 32.2 Å². The van der Waals surface area contributed by atoms with Gasteiger partial charge in [-0.2, -0.15) is 5.10 Å². The van der Waals surface area contributed by atoms with Crippen LogP contribution in [0.3, 0.4) is 0 Å². The summed E-state index contributed by atoms with van der Waals surface area (Å²) in [6.45, 7) is 3.81. The van der Waals surface area contributed by atoms with Crippen molar-refractivity contribution in [2.75, 3.05) is 12.9 Å². The molecule has 1 amide bonds. The van der Waals surface area contributed by atoms with Crippen LogP contribution in [-0.4, -0.2) is 39.2 Å². The summed E-state index contributed by atoms with van der Waals surface area (Å²) >= 11 is 13.3. The van der Waals surface area contributed by atoms with E-state index in [9.17, 15) is 4.79 Å². The minimum Gasteiger partial charge on any atom is -0.497 e. The molecule has 0 fully saturated rings. The number of benzene rings is 3. The first-order valence-electron chi connectivity index (χ1n) is 10.9. The summed E-state index contributed by atoms with van der Waals surface area (Å²) in [5.41, 5.74) is 6.87. The maximum Gasteiger partial charge on any atom is 0.250 e. The number of amides is 1. The molecule has 0 aliphatic heterocycles. The molecular formula is C26H23Cl2N5O2S. The van der Waals surface area contributed by atoms with Crippen molar-refractivity contribution in [2.45, 2.75) is 19.0 Å². The Morgan fingerprint density at radius 1 is 1.03 bits per heavy atom. The Labute approximate surface area is 223 Å². The highest BCUT2D eigenvalue weighted by atomic mass is 35.5. The Hall–Kier alpha value is -3.33. The average molecular weight is 540 g/mol. The third-order valence-corrected chi connectivity index (χ3v) is 6.96. The quantitative estimate of drug-likeness (QED) is 0.164. The van der Waals surface area contributed by atoms with Crippen molar-refractivity contribution in [3.63, 3.8) is 0 Å². The zero-order chi connectivity index (χ0) is 25.7. The Bertz CT molecular complexity index is 1400. The first-order chi connectivity index (χ1) is 17.4. The number of nitrogens with one attached hydrogen (secondary N) is 1. The van der Waals surface area contributed by atoms with Gasteiger partial charge < -0.3 is 4.74 Å². The van der Waals surface area contributed by atoms with E-state index in [0.29, 0.717) is 26.7 Å². The van der Waals surface area contributed by atoms with Crippen LogP contribution >= 0.6 is 35.0 Å². The van der Waals surface area contributed by atoms with Gasteiger partial charge >= 0.3 is 0 Å². The van der Waals surface area contributed by atoms with Crippen LogP contribution in [0, 0.1) is 6.92 Å². The maximum atomic E-state index is 12.6. The molecule has 0 saturated carbocycles. The lowest BCUT2D eigenvalue weighted by Crippen LogP contribution is -2.21. The van der Waals surface area contributed by atoms with Crippen molar-refractivity contribution in [2.24, 2.45) is 5.10 Å². The summed E-state index contributed by atoms with van der Waals surface area (Å²) in [6.07, 6.45) is 0. The number of aromatic nitrogens is 3. The second kappa shape index (κ2) is 11.6. The predicted molar refractivity (Wildman–Crippen MR) is 146 cm³/mol. The number of hydrogen-bond donors (Lipinski definition) is 1. The monoisotopic (exact) mass is 539 g/mol. The van der Waals surface area contributed by atoms with E-state index in [1.165, 1.54) is 11.8 Å². The van der Waals surface area contributed by atoms with Gasteiger partial charge in [0.25, 0.3) is 5.91 Å². The lowest BCUT2D eigenvalue weighted by molar-refractivity contribution is -0.118. The van der Waals surface area contributed by atoms with Gasteiger partial charge in [0, 0.05) is 11.3 Å². The summed E-state index contributed by atoms with van der Waals surface area (Å²) in [5.74, 6) is 1.25. The lowest BCUT2D eigenvalue weighted by Gasteiger charge is -2.11. The Morgan fingerprint density at radius 3 is 2.42 bits per heavy atom. The van der Waals surface area contributed by atoms with Crippen LogP contribution in [0.15, 0.2) is 77.0 Å². The van der Waals surface area contributed by atoms with E-state index in [1.807, 2.05) is 60.0 Å². The molecule has 0 unspecified atom stereocenters. The number of halogens is 2. The first-order valence-corrected chi connectivity index (χ1v) is 12.7. The molecular weight excluding hydrogens is 517 g/mol. The molecule has 0 saturated heterocycles. The topological polar surface area (TPSA) is 81.4 Å². The highest BCUT2D eigenvalue weighted by molar-refractivity contribution is 7.99. The van der Waals surface area contributed by atoms with Gasteiger partial charge in [0.15, 0.2) is 11.0 Å². The van der Waals surface area contributed by atoms with Gasteiger partial charge in [0.05, 0.1) is 28.6 Å². The minimum atomic E-state index is -0.274. The molecule has 0 spiro atoms. The lowest BCUT2D eigenvalue weighted by atomic mass is 10.1. The zero-order valence-corrected chi connectivity index (χ0v) is 22.2. The first kappa shape index (κ1) is 25.8. The van der Waals surface area contributed by atoms with Gasteiger partial charge in [-0.1, -0.05) is 58.7 Å². The molecule has 0 aliphatic rings. The molecule has 0 bridgehead atoms. The summed E-state index contributed by atoms with van der Waals surface area (Å²) in [7, 11) is 1.62. The van der Waals surface area contributed by atoms with Gasteiger partial charge in [0.2, 0.25) is 0 Å². The number of methoxy groups -OCH3 is 1. The molecule has 0 radical (unpaired) electrons. The molecule has 184 valence electrons. The van der Waals surface area contributed by atoms with E-state index in [0.717, 1.165) is 28.1 Å². The average Bonchev–Trinajstić information content (AvgIpc) is 3.32. The van der Waals surface area contributed by atoms with Crippen molar-refractivity contribution >= 4 is 46.6 Å². The molecule has 0 aliphatic carbocycles. The van der Waals surface area contributed by atoms with E-state index in [4.69, 9.17) is 27.9 Å². The van der Waals surface area contributed by atoms with Crippen LogP contribution < -0.4 is 10.2 Å². The largest absolute Gasteiger partial charge is 0.497 e. The van der Waals surface area contributed by atoms with E-state index < -0.39 is 0 Å². The smallest absolute Gasteiger partial charge is 0.250 e. The van der Waals surface area contributed by atoms with Crippen LogP contribution in [0.4, 0.5) is 0 Å². The van der Waals surface area contributed by atoms with Crippen molar-refractivity contribution in [1.82, 2.24) is 20.2 Å². The molecule has 7 nitrogen and oxygen atoms in total. The number of hydrazone groups is 1. The van der Waals surface area contributed by atoms with Crippen LogP contribution in [0.2, 0.25) is 10.0 Å². The molecule has 4 rings (SSSR count). The van der Waals surface area contributed by atoms with Crippen molar-refractivity contribution in [3.8, 4) is 22.8 Å². The molecule has 4 aromatic rings. The Balaban J connectivity index is 1.53. The molecule has 36 heavy (non-hydrogen) atoms. The number of hydrogen-bond acceptors (Lipinski definition) is 6. The molecule has 3 aromatic carbocycles. The molecule has 0 atom stereocenters. The normalized spacial score (nSPS) is 11.4. The second-order valence-electron chi connectivity index (χ2n) is 7.86. The van der Waals surface area contributed by atoms with Crippen LogP contribution in [-0.2, 0) is 4.79 Å². The van der Waals surface area contributed by atoms with Crippen LogP contribution in [0.25, 0.3) is 17.1 Å². The highest BCUT2D eigenvalue weighted by Crippen LogP contribution is 2.29. The Kier molecular flexibility index (Phi) is 8.30. The number of thioether (sulfide) groups is 1. The summed E-state index contributed by atoms with van der Waals surface area (Å²) in [4.78, 5) is 12.6. The fraction of sp³-hybridized carbons (Fsp3) is 0.154. The van der Waals surface area contributed by atoms with Gasteiger partial charge in [-0.05, 0) is 67.9 Å². The van der Waals surface area contributed by atoms with Gasteiger partial charge in [-0.3, -0.25) is 9.36 Å². The number of carbonyl (C=O) groups is 1. The predicted octanol–water partition coefficient (Wildman–Crippen LogP) is 6.19. The van der Waals surface area contributed by atoms with E-state index in [-0.39, 0.29) is 11.7 Å². The van der Waals surface area contributed by atoms with Gasteiger partial charge in [0.1, 0.15) is 5.75 Å². The van der Waals surface area contributed by atoms with Crippen LogP contribution in [0.1, 0.15) is 18.1 Å². The fourth-order valence-electron chi connectivity index (χ4n) is 3.31. The summed E-state index contributed by atoms with van der Waals surface area (Å²) in [5, 5.41) is 14.4. The van der Waals surface area contributed by atoms with E-state index in [2.05, 4.69) is 20.7 Å². The maximum absolute atomic E-state index is 12.6. The van der Waals surface area contributed by atoms with Crippen molar-refractivity contribution < 1.29 is 9.53 Å². The minimum absolute atomic E-state index is 0.102. The molecule has 1 heterocycles. The zero-order valence-electron chi connectivity index (χ0n) is 19.8. The fourth-order valence-corrected chi connectivity index (χ4v) is 4.35. The summed E-state index contributed by atoms with van der Waals surface area (Å²) in [6, 6.07) is 20.8. The van der Waals surface area contributed by atoms with Crippen molar-refractivity contribution in [3.05, 3.63) is 87.9 Å². The summed E-state index contributed by atoms with van der Waals surface area (Å²) < 4.78 is 7.20. The molecule has 1 N–H and O–H groups in total. The van der Waals surface area contributed by atoms with Gasteiger partial charge in [-0.15, -0.1) is 10.2 Å². The van der Waals surface area contributed by atoms with Gasteiger partial charge in [-0.25, -0.2) is 5.43 Å². The number of nitrogens with zero attached hydrogens (tertiary/aromatic N) is 4. The number of rotatable bonds is 8. The van der Waals surface area contributed by atoms with Crippen molar-refractivity contribution in [1.29, 1.82) is 0 Å². The number of carbonyl (C=O) groups excluding carboxylic acids is 1.